The van der Waals surface area contributed by atoms with Crippen molar-refractivity contribution >= 4 is 11.9 Å². The van der Waals surface area contributed by atoms with E-state index in [0.717, 1.165) is 25.7 Å². The standard InChI is InChI=1S/C7H14O2.C6H12O7.2Na.2H2O/c1-2-3-4-5-6-7(8)9;7-1-2(8)3(9)4(10)5(11)6(12)13;;;;/h2-6H2,1H3,(H,8,9);2-5,7-11H,1H2,(H,12,13);;;2*1H2/q;;2*+1;;/p-2. The number of carbonyl (C=O) groups is 2. The summed E-state index contributed by atoms with van der Waals surface area (Å²) in [6, 6.07) is 0. The van der Waals surface area contributed by atoms with E-state index in [0.29, 0.717) is 0 Å². The maximum atomic E-state index is 9.98. The molecule has 0 heterocycles. The largest absolute Gasteiger partial charge is 1.00 e. The number of aliphatic carboxylic acids is 2. The van der Waals surface area contributed by atoms with Crippen LogP contribution < -0.4 is 69.3 Å². The van der Waals surface area contributed by atoms with E-state index in [-0.39, 0.29) is 76.5 Å². The van der Waals surface area contributed by atoms with Crippen LogP contribution in [-0.2, 0) is 9.59 Å². The van der Waals surface area contributed by atoms with Crippen molar-refractivity contribution in [1.29, 1.82) is 0 Å². The molecule has 11 nitrogen and oxygen atoms in total. The van der Waals surface area contributed by atoms with Gasteiger partial charge in [-0.05, 0) is 12.8 Å². The fourth-order valence-corrected chi connectivity index (χ4v) is 1.36. The van der Waals surface area contributed by atoms with Crippen molar-refractivity contribution in [2.45, 2.75) is 63.4 Å². The molecule has 0 aromatic carbocycles. The summed E-state index contributed by atoms with van der Waals surface area (Å²) in [4.78, 5) is 19.8. The van der Waals surface area contributed by atoms with Gasteiger partial charge in [-0.25, -0.2) is 0 Å². The Labute approximate surface area is 196 Å². The van der Waals surface area contributed by atoms with Gasteiger partial charge in [-0.15, -0.1) is 0 Å². The average Bonchev–Trinajstić information content (AvgIpc) is 2.48. The van der Waals surface area contributed by atoms with Gasteiger partial charge in [-0.1, -0.05) is 26.2 Å². The van der Waals surface area contributed by atoms with Crippen molar-refractivity contribution < 1.29 is 115 Å². The van der Waals surface area contributed by atoms with E-state index in [9.17, 15) is 19.8 Å². The molecule has 0 saturated carbocycles. The van der Waals surface area contributed by atoms with Crippen LogP contribution in [0.1, 0.15) is 39.0 Å². The Balaban J connectivity index is -0.0000000697. The van der Waals surface area contributed by atoms with Crippen LogP contribution in [0.2, 0.25) is 0 Å². The Kier molecular flexibility index (Phi) is 40.6. The molecule has 0 amide bonds. The third-order valence-corrected chi connectivity index (χ3v) is 2.73. The summed E-state index contributed by atoms with van der Waals surface area (Å²) < 4.78 is 0. The summed E-state index contributed by atoms with van der Waals surface area (Å²) >= 11 is 0. The molecule has 148 valence electrons. The number of unbranched alkanes of at least 4 members (excludes halogenated alkanes) is 3. The minimum Gasteiger partial charge on any atom is -0.550 e. The minimum absolute atomic E-state index is 0. The third-order valence-electron chi connectivity index (χ3n) is 2.73. The third kappa shape index (κ3) is 22.7. The van der Waals surface area contributed by atoms with Crippen LogP contribution in [0.5, 0.6) is 0 Å². The van der Waals surface area contributed by atoms with Crippen molar-refractivity contribution in [1.82, 2.24) is 0 Å². The first-order valence-corrected chi connectivity index (χ1v) is 6.92. The quantitative estimate of drug-likeness (QED) is 0.170. The van der Waals surface area contributed by atoms with Crippen molar-refractivity contribution in [3.8, 4) is 0 Å². The molecule has 0 fully saturated rings. The zero-order valence-corrected chi connectivity index (χ0v) is 19.4. The second kappa shape index (κ2) is 25.7. The van der Waals surface area contributed by atoms with Crippen LogP contribution in [0.4, 0.5) is 0 Å². The number of carboxylic acids is 2. The van der Waals surface area contributed by atoms with Crippen molar-refractivity contribution in [3.63, 3.8) is 0 Å². The second-order valence-corrected chi connectivity index (χ2v) is 4.68. The number of carboxylic acid groups (broad SMARTS) is 2. The monoisotopic (exact) mass is 406 g/mol. The summed E-state index contributed by atoms with van der Waals surface area (Å²) in [5.74, 6) is -2.90. The number of rotatable bonds is 10. The van der Waals surface area contributed by atoms with Gasteiger partial charge in [0.25, 0.3) is 0 Å². The topological polar surface area (TPSA) is 244 Å². The Morgan fingerprint density at radius 3 is 1.65 bits per heavy atom. The van der Waals surface area contributed by atoms with E-state index in [4.69, 9.17) is 25.5 Å². The van der Waals surface area contributed by atoms with Gasteiger partial charge in [0.2, 0.25) is 0 Å². The zero-order chi connectivity index (χ0) is 17.7. The van der Waals surface area contributed by atoms with Gasteiger partial charge in [0.15, 0.2) is 0 Å². The molecule has 0 aliphatic rings. The Morgan fingerprint density at radius 2 is 1.35 bits per heavy atom. The molecule has 26 heavy (non-hydrogen) atoms. The van der Waals surface area contributed by atoms with Crippen molar-refractivity contribution in [2.24, 2.45) is 0 Å². The summed E-state index contributed by atoms with van der Waals surface area (Å²) in [5.41, 5.74) is 0. The van der Waals surface area contributed by atoms with Gasteiger partial charge < -0.3 is 56.3 Å². The number of hydrogen-bond acceptors (Lipinski definition) is 9. The van der Waals surface area contributed by atoms with Crippen LogP contribution in [0.15, 0.2) is 0 Å². The SMILES string of the molecule is CCCCCCC(=O)[O-].O.O.O=C([O-])C(O)C(O)C(O)C(O)CO.[Na+].[Na+]. The Bertz CT molecular complexity index is 320. The first-order chi connectivity index (χ1) is 10.2. The molecule has 9 N–H and O–H groups in total. The Morgan fingerprint density at radius 1 is 0.885 bits per heavy atom. The Hall–Kier alpha value is 0.660. The van der Waals surface area contributed by atoms with Crippen LogP contribution in [0.3, 0.4) is 0 Å². The maximum absolute atomic E-state index is 9.98. The molecule has 0 aromatic heterocycles. The zero-order valence-electron chi connectivity index (χ0n) is 15.4. The van der Waals surface area contributed by atoms with Crippen LogP contribution in [0.25, 0.3) is 0 Å². The second-order valence-electron chi connectivity index (χ2n) is 4.68. The van der Waals surface area contributed by atoms with Crippen molar-refractivity contribution in [2.75, 3.05) is 6.61 Å². The fraction of sp³-hybridized carbons (Fsp3) is 0.846. The molecule has 0 spiro atoms. The van der Waals surface area contributed by atoms with Crippen LogP contribution >= 0.6 is 0 Å². The maximum Gasteiger partial charge on any atom is 1.00 e. The fourth-order valence-electron chi connectivity index (χ4n) is 1.36. The van der Waals surface area contributed by atoms with Gasteiger partial charge in [0, 0.05) is 5.97 Å². The van der Waals surface area contributed by atoms with Gasteiger partial charge in [0.05, 0.1) is 12.6 Å². The van der Waals surface area contributed by atoms with Crippen LogP contribution in [-0.4, -0.2) is 79.4 Å². The molecule has 0 aliphatic heterocycles. The molecular weight excluding hydrogens is 378 g/mol. The molecule has 0 saturated heterocycles. The molecule has 13 heteroatoms. The number of aliphatic hydroxyl groups is 5. The number of hydrogen-bond donors (Lipinski definition) is 5. The first-order valence-electron chi connectivity index (χ1n) is 6.92. The summed E-state index contributed by atoms with van der Waals surface area (Å²) in [5, 5.41) is 63.3. The summed E-state index contributed by atoms with van der Waals surface area (Å²) in [6.07, 6.45) is -3.79. The summed E-state index contributed by atoms with van der Waals surface area (Å²) in [7, 11) is 0. The molecule has 0 aromatic rings. The van der Waals surface area contributed by atoms with E-state index in [1.807, 2.05) is 0 Å². The van der Waals surface area contributed by atoms with Crippen molar-refractivity contribution in [3.05, 3.63) is 0 Å². The van der Waals surface area contributed by atoms with Crippen LogP contribution in [0, 0.1) is 0 Å². The molecule has 4 unspecified atom stereocenters. The first kappa shape index (κ1) is 41.1. The van der Waals surface area contributed by atoms with Gasteiger partial charge in [0.1, 0.15) is 24.4 Å². The van der Waals surface area contributed by atoms with E-state index in [2.05, 4.69) is 6.92 Å². The number of aliphatic hydroxyl groups excluding tert-OH is 5. The molecule has 0 bridgehead atoms. The van der Waals surface area contributed by atoms with E-state index in [1.54, 1.807) is 0 Å². The molecule has 0 aliphatic carbocycles. The van der Waals surface area contributed by atoms with E-state index < -0.39 is 43.0 Å². The predicted molar refractivity (Wildman–Crippen MR) is 77.1 cm³/mol. The van der Waals surface area contributed by atoms with Gasteiger partial charge in [-0.2, -0.15) is 0 Å². The normalized spacial score (nSPS) is 13.5. The number of carbonyl (C=O) groups excluding carboxylic acids is 2. The van der Waals surface area contributed by atoms with Gasteiger partial charge >= 0.3 is 59.1 Å². The molecule has 0 radical (unpaired) electrons. The molecular formula is C13H28Na2O11. The van der Waals surface area contributed by atoms with Gasteiger partial charge in [-0.3, -0.25) is 0 Å². The predicted octanol–water partition coefficient (Wildman–Crippen LogP) is -11.8. The minimum atomic E-state index is -2.31. The average molecular weight is 406 g/mol. The van der Waals surface area contributed by atoms with E-state index >= 15 is 0 Å². The smallest absolute Gasteiger partial charge is 0.550 e. The van der Waals surface area contributed by atoms with E-state index in [1.165, 1.54) is 0 Å². The molecule has 0 rings (SSSR count). The molecule has 4 atom stereocenters. The summed E-state index contributed by atoms with van der Waals surface area (Å²) in [6.45, 7) is 1.23.